The molecule has 3 rings (SSSR count). The van der Waals surface area contributed by atoms with Gasteiger partial charge in [-0.25, -0.2) is 0 Å². The zero-order chi connectivity index (χ0) is 14.8. The van der Waals surface area contributed by atoms with Crippen LogP contribution in [0.15, 0.2) is 55.8 Å². The van der Waals surface area contributed by atoms with Gasteiger partial charge in [0, 0.05) is 21.2 Å². The van der Waals surface area contributed by atoms with Crippen molar-refractivity contribution in [3.8, 4) is 0 Å². The summed E-state index contributed by atoms with van der Waals surface area (Å²) in [7, 11) is 0. The van der Waals surface area contributed by atoms with Crippen molar-refractivity contribution < 1.29 is 4.42 Å². The van der Waals surface area contributed by atoms with Crippen LogP contribution in [0.2, 0.25) is 0 Å². The highest BCUT2D eigenvalue weighted by Crippen LogP contribution is 2.25. The van der Waals surface area contributed by atoms with Crippen LogP contribution in [-0.2, 0) is 0 Å². The van der Waals surface area contributed by atoms with E-state index in [1.165, 1.54) is 12.1 Å². The van der Waals surface area contributed by atoms with Crippen molar-refractivity contribution in [1.29, 1.82) is 0 Å². The predicted molar refractivity (Wildman–Crippen MR) is 77.6 cm³/mol. The van der Waals surface area contributed by atoms with E-state index >= 15 is 0 Å². The van der Waals surface area contributed by atoms with Gasteiger partial charge in [0.1, 0.15) is 11.2 Å². The Labute approximate surface area is 116 Å². The van der Waals surface area contributed by atoms with Crippen molar-refractivity contribution in [3.63, 3.8) is 0 Å². The Hall–Kier alpha value is -3.47. The molecule has 0 unspecified atom stereocenters. The van der Waals surface area contributed by atoms with Crippen LogP contribution in [-0.4, -0.2) is 0 Å². The van der Waals surface area contributed by atoms with Crippen LogP contribution in [0, 0.1) is 0 Å². The predicted octanol–water partition coefficient (Wildman–Crippen LogP) is 4.83. The quantitative estimate of drug-likeness (QED) is 0.288. The van der Waals surface area contributed by atoms with Gasteiger partial charge in [-0.15, -0.1) is 0 Å². The van der Waals surface area contributed by atoms with E-state index in [1.54, 1.807) is 24.3 Å². The average molecular weight is 278 g/mol. The minimum absolute atomic E-state index is 0.281. The second-order valence-electron chi connectivity index (χ2n) is 4.17. The van der Waals surface area contributed by atoms with Gasteiger partial charge in [-0.2, -0.15) is 0 Å². The fourth-order valence-corrected chi connectivity index (χ4v) is 2.06. The highest BCUT2D eigenvalue weighted by atomic mass is 16.3. The molecule has 0 bridgehead atoms. The van der Waals surface area contributed by atoms with E-state index in [1.807, 2.05) is 0 Å². The van der Waals surface area contributed by atoms with Gasteiger partial charge in [-0.3, -0.25) is 4.79 Å². The van der Waals surface area contributed by atoms with Crippen molar-refractivity contribution >= 4 is 33.3 Å². The molecule has 0 atom stereocenters. The number of benzene rings is 2. The first kappa shape index (κ1) is 12.6. The fraction of sp³-hybridized carbons (Fsp3) is 0. The summed E-state index contributed by atoms with van der Waals surface area (Å²) in [5.74, 6) is 0. The Kier molecular flexibility index (Phi) is 2.93. The number of azide groups is 2. The molecular weight excluding hydrogens is 272 g/mol. The SMILES string of the molecule is [N-]=[N+]=Nc1ccc2oc3ccc(N=[N+]=[N-])cc3c(=O)c2c1. The van der Waals surface area contributed by atoms with Crippen LogP contribution in [0.3, 0.4) is 0 Å². The number of nitrogens with zero attached hydrogens (tertiary/aromatic N) is 6. The van der Waals surface area contributed by atoms with Gasteiger partial charge in [0.05, 0.1) is 10.8 Å². The lowest BCUT2D eigenvalue weighted by Gasteiger charge is -2.02. The first-order valence-corrected chi connectivity index (χ1v) is 5.84. The van der Waals surface area contributed by atoms with Crippen LogP contribution in [0.25, 0.3) is 42.8 Å². The molecular formula is C13H6N6O2. The molecule has 3 aromatic rings. The average Bonchev–Trinajstić information content (AvgIpc) is 2.49. The van der Waals surface area contributed by atoms with Gasteiger partial charge in [-0.1, -0.05) is 10.2 Å². The third kappa shape index (κ3) is 2.12. The highest BCUT2D eigenvalue weighted by molar-refractivity contribution is 5.92. The van der Waals surface area contributed by atoms with E-state index < -0.39 is 0 Å². The Balaban J connectivity index is 2.41. The smallest absolute Gasteiger partial charge is 0.200 e. The third-order valence-electron chi connectivity index (χ3n) is 2.96. The van der Waals surface area contributed by atoms with Gasteiger partial charge in [0.2, 0.25) is 5.43 Å². The molecule has 8 heteroatoms. The maximum absolute atomic E-state index is 12.5. The van der Waals surface area contributed by atoms with E-state index in [0.717, 1.165) is 0 Å². The molecule has 0 fully saturated rings. The van der Waals surface area contributed by atoms with Gasteiger partial charge >= 0.3 is 0 Å². The maximum atomic E-state index is 12.5. The summed E-state index contributed by atoms with van der Waals surface area (Å²) >= 11 is 0. The lowest BCUT2D eigenvalue weighted by atomic mass is 10.1. The van der Waals surface area contributed by atoms with E-state index in [9.17, 15) is 4.79 Å². The molecule has 0 N–H and O–H groups in total. The van der Waals surface area contributed by atoms with Crippen molar-refractivity contribution in [3.05, 3.63) is 67.5 Å². The second-order valence-corrected chi connectivity index (χ2v) is 4.17. The lowest BCUT2D eigenvalue weighted by molar-refractivity contribution is 0.660. The van der Waals surface area contributed by atoms with Crippen molar-refractivity contribution in [2.45, 2.75) is 0 Å². The van der Waals surface area contributed by atoms with Crippen molar-refractivity contribution in [2.75, 3.05) is 0 Å². The standard InChI is InChI=1S/C13H6N6O2/c14-18-16-7-1-3-11-9(5-7)13(20)10-6-8(17-19-15)2-4-12(10)21-11/h1-6H. The molecule has 0 aliphatic heterocycles. The third-order valence-corrected chi connectivity index (χ3v) is 2.96. The Bertz CT molecular complexity index is 947. The zero-order valence-corrected chi connectivity index (χ0v) is 10.5. The molecule has 0 saturated heterocycles. The van der Waals surface area contributed by atoms with Crippen molar-refractivity contribution in [2.24, 2.45) is 10.2 Å². The molecule has 0 aliphatic rings. The molecule has 0 radical (unpaired) electrons. The fourth-order valence-electron chi connectivity index (χ4n) is 2.06. The van der Waals surface area contributed by atoms with Crippen LogP contribution in [0.4, 0.5) is 11.4 Å². The molecule has 0 amide bonds. The summed E-state index contributed by atoms with van der Waals surface area (Å²) in [6, 6.07) is 9.18. The van der Waals surface area contributed by atoms with Crippen LogP contribution in [0.5, 0.6) is 0 Å². The van der Waals surface area contributed by atoms with Gasteiger partial charge in [-0.05, 0) is 47.5 Å². The number of hydrogen-bond donors (Lipinski definition) is 0. The first-order valence-electron chi connectivity index (χ1n) is 5.84. The van der Waals surface area contributed by atoms with E-state index in [2.05, 4.69) is 20.1 Å². The monoisotopic (exact) mass is 278 g/mol. The van der Waals surface area contributed by atoms with E-state index in [-0.39, 0.29) is 5.43 Å². The number of fused-ring (bicyclic) bond motifs is 2. The molecule has 1 aromatic heterocycles. The topological polar surface area (TPSA) is 128 Å². The first-order chi connectivity index (χ1) is 10.2. The molecule has 0 spiro atoms. The Morgan fingerprint density at radius 2 is 1.33 bits per heavy atom. The summed E-state index contributed by atoms with van der Waals surface area (Å²) in [4.78, 5) is 17.8. The largest absolute Gasteiger partial charge is 0.456 e. The normalized spacial score (nSPS) is 10.1. The lowest BCUT2D eigenvalue weighted by Crippen LogP contribution is -2.01. The highest BCUT2D eigenvalue weighted by Gasteiger charge is 2.08. The molecule has 0 saturated carbocycles. The summed E-state index contributed by atoms with van der Waals surface area (Å²) in [5.41, 5.74) is 18.0. The van der Waals surface area contributed by atoms with Crippen LogP contribution >= 0.6 is 0 Å². The Morgan fingerprint density at radius 3 is 1.76 bits per heavy atom. The Morgan fingerprint density at radius 1 is 0.857 bits per heavy atom. The summed E-state index contributed by atoms with van der Waals surface area (Å²) in [6.07, 6.45) is 0. The number of rotatable bonds is 2. The van der Waals surface area contributed by atoms with Gasteiger partial charge in [0.25, 0.3) is 0 Å². The second kappa shape index (κ2) is 4.90. The van der Waals surface area contributed by atoms with E-state index in [0.29, 0.717) is 33.3 Å². The molecule has 0 aliphatic carbocycles. The summed E-state index contributed by atoms with van der Waals surface area (Å²) < 4.78 is 5.62. The molecule has 100 valence electrons. The molecule has 2 aromatic carbocycles. The minimum atomic E-state index is -0.281. The molecule has 1 heterocycles. The zero-order valence-electron chi connectivity index (χ0n) is 10.5. The summed E-state index contributed by atoms with van der Waals surface area (Å²) in [6.45, 7) is 0. The molecule has 21 heavy (non-hydrogen) atoms. The van der Waals surface area contributed by atoms with Gasteiger partial charge < -0.3 is 4.42 Å². The van der Waals surface area contributed by atoms with Crippen molar-refractivity contribution in [1.82, 2.24) is 0 Å². The minimum Gasteiger partial charge on any atom is -0.456 e. The summed E-state index contributed by atoms with van der Waals surface area (Å²) in [5, 5.41) is 7.51. The van der Waals surface area contributed by atoms with Gasteiger partial charge in [0.15, 0.2) is 0 Å². The van der Waals surface area contributed by atoms with Crippen LogP contribution in [0.1, 0.15) is 0 Å². The molecule has 8 nitrogen and oxygen atoms in total. The number of hydrogen-bond acceptors (Lipinski definition) is 4. The maximum Gasteiger partial charge on any atom is 0.200 e. The van der Waals surface area contributed by atoms with Crippen LogP contribution < -0.4 is 5.43 Å². The van der Waals surface area contributed by atoms with E-state index in [4.69, 9.17) is 15.5 Å².